The molecular formula is C7H8OS3. The van der Waals surface area contributed by atoms with Crippen molar-refractivity contribution >= 4 is 39.7 Å². The Morgan fingerprint density at radius 1 is 1.73 bits per heavy atom. The minimum atomic E-state index is 0.575. The molecule has 11 heavy (non-hydrogen) atoms. The molecule has 1 heterocycles. The zero-order chi connectivity index (χ0) is 8.27. The van der Waals surface area contributed by atoms with Gasteiger partial charge in [-0.05, 0) is 36.8 Å². The van der Waals surface area contributed by atoms with Crippen LogP contribution in [0.15, 0.2) is 11.4 Å². The summed E-state index contributed by atoms with van der Waals surface area (Å²) < 4.78 is 5.91. The van der Waals surface area contributed by atoms with Crippen molar-refractivity contribution in [2.45, 2.75) is 6.92 Å². The van der Waals surface area contributed by atoms with E-state index in [1.54, 1.807) is 11.3 Å². The van der Waals surface area contributed by atoms with E-state index < -0.39 is 0 Å². The van der Waals surface area contributed by atoms with Crippen LogP contribution in [0.25, 0.3) is 0 Å². The van der Waals surface area contributed by atoms with Crippen LogP contribution in [0.4, 0.5) is 0 Å². The molecule has 0 amide bonds. The molecule has 0 bridgehead atoms. The molecule has 0 N–H and O–H groups in total. The highest BCUT2D eigenvalue weighted by Crippen LogP contribution is 2.24. The first-order valence-electron chi connectivity index (χ1n) is 3.04. The maximum atomic E-state index is 5.34. The lowest BCUT2D eigenvalue weighted by molar-refractivity contribution is 0.578. The first kappa shape index (κ1) is 9.03. The molecule has 0 aliphatic heterocycles. The van der Waals surface area contributed by atoms with Crippen LogP contribution in [-0.2, 0) is 0 Å². The lowest BCUT2D eigenvalue weighted by Crippen LogP contribution is -1.98. The van der Waals surface area contributed by atoms with Crippen molar-refractivity contribution in [3.63, 3.8) is 0 Å². The topological polar surface area (TPSA) is 9.23 Å². The Balaban J connectivity index is 2.64. The van der Waals surface area contributed by atoms with E-state index in [4.69, 9.17) is 17.0 Å². The van der Waals surface area contributed by atoms with E-state index in [1.807, 2.05) is 24.6 Å². The number of hydrogen-bond acceptors (Lipinski definition) is 4. The largest absolute Gasteiger partial charge is 0.439 e. The second kappa shape index (κ2) is 4.09. The summed E-state index contributed by atoms with van der Waals surface area (Å²) >= 11 is 8.02. The molecule has 1 nitrogen and oxygen atoms in total. The number of aryl methyl sites for hydroxylation is 1. The van der Waals surface area contributed by atoms with E-state index >= 15 is 0 Å². The molecule has 4 heteroatoms. The van der Waals surface area contributed by atoms with E-state index in [9.17, 15) is 0 Å². The van der Waals surface area contributed by atoms with Crippen LogP contribution in [0.5, 0.6) is 5.75 Å². The molecular weight excluding hydrogens is 196 g/mol. The van der Waals surface area contributed by atoms with E-state index in [0.29, 0.717) is 4.38 Å². The summed E-state index contributed by atoms with van der Waals surface area (Å²) in [6.45, 7) is 2.02. The van der Waals surface area contributed by atoms with Crippen molar-refractivity contribution in [1.82, 2.24) is 0 Å². The van der Waals surface area contributed by atoms with E-state index in [2.05, 4.69) is 0 Å². The van der Waals surface area contributed by atoms with Gasteiger partial charge in [-0.2, -0.15) is 0 Å². The second-order valence-electron chi connectivity index (χ2n) is 1.90. The molecule has 0 fully saturated rings. The molecule has 0 radical (unpaired) electrons. The predicted molar refractivity (Wildman–Crippen MR) is 55.8 cm³/mol. The van der Waals surface area contributed by atoms with Gasteiger partial charge in [-0.15, -0.1) is 11.3 Å². The standard InChI is InChI=1S/C7H8OS3/c1-5-6(3-4-11-5)8-7(9)10-2/h3-4H,1-2H3. The summed E-state index contributed by atoms with van der Waals surface area (Å²) in [6, 6.07) is 1.93. The van der Waals surface area contributed by atoms with Gasteiger partial charge in [0.25, 0.3) is 0 Å². The fourth-order valence-electron chi connectivity index (χ4n) is 0.611. The molecule has 1 aromatic rings. The minimum absolute atomic E-state index is 0.575. The maximum Gasteiger partial charge on any atom is 0.225 e. The SMILES string of the molecule is CSC(=S)Oc1ccsc1C. The lowest BCUT2D eigenvalue weighted by atomic mass is 10.5. The second-order valence-corrected chi connectivity index (χ2v) is 4.43. The number of thiocarbonyl (C=S) groups is 1. The van der Waals surface area contributed by atoms with Gasteiger partial charge in [0.1, 0.15) is 5.75 Å². The fourth-order valence-corrected chi connectivity index (χ4v) is 1.50. The average Bonchev–Trinajstić information content (AvgIpc) is 2.37. The molecule has 0 atom stereocenters. The summed E-state index contributed by atoms with van der Waals surface area (Å²) in [5.41, 5.74) is 0. The number of ether oxygens (including phenoxy) is 1. The highest BCUT2D eigenvalue weighted by Gasteiger charge is 2.02. The first-order valence-corrected chi connectivity index (χ1v) is 5.55. The van der Waals surface area contributed by atoms with Crippen LogP contribution in [0.1, 0.15) is 4.88 Å². The Bertz CT molecular complexity index is 254. The molecule has 0 aromatic carbocycles. The van der Waals surface area contributed by atoms with Crippen molar-refractivity contribution in [2.75, 3.05) is 6.26 Å². The smallest absolute Gasteiger partial charge is 0.225 e. The van der Waals surface area contributed by atoms with Gasteiger partial charge in [0.2, 0.25) is 4.38 Å². The van der Waals surface area contributed by atoms with Gasteiger partial charge in [-0.1, -0.05) is 11.8 Å². The van der Waals surface area contributed by atoms with Crippen molar-refractivity contribution in [3.8, 4) is 5.75 Å². The van der Waals surface area contributed by atoms with Crippen molar-refractivity contribution in [1.29, 1.82) is 0 Å². The molecule has 60 valence electrons. The first-order chi connectivity index (χ1) is 5.24. The Labute approximate surface area is 79.8 Å². The molecule has 0 aliphatic rings. The molecule has 0 saturated heterocycles. The van der Waals surface area contributed by atoms with Gasteiger partial charge in [-0.3, -0.25) is 0 Å². The third-order valence-electron chi connectivity index (χ3n) is 1.17. The van der Waals surface area contributed by atoms with Gasteiger partial charge in [-0.25, -0.2) is 0 Å². The van der Waals surface area contributed by atoms with Gasteiger partial charge in [0.05, 0.1) is 0 Å². The Kier molecular flexibility index (Phi) is 3.36. The zero-order valence-electron chi connectivity index (χ0n) is 6.29. The predicted octanol–water partition coefficient (Wildman–Crippen LogP) is 3.08. The summed E-state index contributed by atoms with van der Waals surface area (Å²) in [7, 11) is 0. The van der Waals surface area contributed by atoms with Crippen molar-refractivity contribution < 1.29 is 4.74 Å². The Morgan fingerprint density at radius 2 is 2.45 bits per heavy atom. The van der Waals surface area contributed by atoms with Crippen LogP contribution < -0.4 is 4.74 Å². The van der Waals surface area contributed by atoms with Gasteiger partial charge in [0, 0.05) is 4.88 Å². The molecule has 0 aliphatic carbocycles. The van der Waals surface area contributed by atoms with Crippen LogP contribution in [0.3, 0.4) is 0 Å². The summed E-state index contributed by atoms with van der Waals surface area (Å²) in [4.78, 5) is 1.17. The monoisotopic (exact) mass is 204 g/mol. The Morgan fingerprint density at radius 3 is 2.91 bits per heavy atom. The van der Waals surface area contributed by atoms with E-state index in [-0.39, 0.29) is 0 Å². The van der Waals surface area contributed by atoms with E-state index in [0.717, 1.165) is 5.75 Å². The van der Waals surface area contributed by atoms with E-state index in [1.165, 1.54) is 16.6 Å². The molecule has 1 rings (SSSR count). The minimum Gasteiger partial charge on any atom is -0.439 e. The number of thioether (sulfide) groups is 1. The van der Waals surface area contributed by atoms with Crippen LogP contribution >= 0.6 is 35.3 Å². The molecule has 0 unspecified atom stereocenters. The number of rotatable bonds is 1. The summed E-state index contributed by atoms with van der Waals surface area (Å²) in [5.74, 6) is 0.884. The zero-order valence-corrected chi connectivity index (χ0v) is 8.74. The third-order valence-corrected chi connectivity index (χ3v) is 3.00. The maximum absolute atomic E-state index is 5.34. The normalized spacial score (nSPS) is 9.64. The third kappa shape index (κ3) is 2.47. The van der Waals surface area contributed by atoms with Crippen LogP contribution in [-0.4, -0.2) is 10.6 Å². The van der Waals surface area contributed by atoms with Gasteiger partial charge >= 0.3 is 0 Å². The number of thiophene rings is 1. The highest BCUT2D eigenvalue weighted by atomic mass is 32.2. The van der Waals surface area contributed by atoms with Gasteiger partial charge < -0.3 is 4.74 Å². The van der Waals surface area contributed by atoms with Crippen LogP contribution in [0, 0.1) is 6.92 Å². The fraction of sp³-hybridized carbons (Fsp3) is 0.286. The summed E-state index contributed by atoms with van der Waals surface area (Å²) in [6.07, 6.45) is 1.91. The highest BCUT2D eigenvalue weighted by molar-refractivity contribution is 8.22. The molecule has 0 saturated carbocycles. The molecule has 0 spiro atoms. The average molecular weight is 204 g/mol. The lowest BCUT2D eigenvalue weighted by Gasteiger charge is -2.01. The van der Waals surface area contributed by atoms with Crippen LogP contribution in [0.2, 0.25) is 0 Å². The molecule has 1 aromatic heterocycles. The summed E-state index contributed by atoms with van der Waals surface area (Å²) in [5, 5.41) is 1.99. The van der Waals surface area contributed by atoms with Crippen molar-refractivity contribution in [2.24, 2.45) is 0 Å². The quantitative estimate of drug-likeness (QED) is 0.651. The number of hydrogen-bond donors (Lipinski definition) is 0. The van der Waals surface area contributed by atoms with Gasteiger partial charge in [0.15, 0.2) is 0 Å². The Hall–Kier alpha value is -0.0600. The van der Waals surface area contributed by atoms with Crippen molar-refractivity contribution in [3.05, 3.63) is 16.3 Å².